The second-order valence-electron chi connectivity index (χ2n) is 5.59. The Balaban J connectivity index is 2.07. The molecule has 1 aliphatic rings. The first-order valence-electron chi connectivity index (χ1n) is 7.78. The lowest BCUT2D eigenvalue weighted by Gasteiger charge is -2.26. The number of pyridine rings is 1. The lowest BCUT2D eigenvalue weighted by molar-refractivity contribution is 0.0581. The van der Waals surface area contributed by atoms with Crippen LogP contribution in [0, 0.1) is 18.3 Å². The molecule has 1 unspecified atom stereocenters. The molecule has 1 aromatic carbocycles. The van der Waals surface area contributed by atoms with Crippen molar-refractivity contribution in [3.8, 4) is 23.4 Å². The third-order valence-corrected chi connectivity index (χ3v) is 4.16. The van der Waals surface area contributed by atoms with Crippen LogP contribution < -0.4 is 15.0 Å². The summed E-state index contributed by atoms with van der Waals surface area (Å²) in [5.74, 6) is -0.0445. The van der Waals surface area contributed by atoms with Gasteiger partial charge in [-0.1, -0.05) is 12.1 Å². The van der Waals surface area contributed by atoms with E-state index < -0.39 is 23.3 Å². The van der Waals surface area contributed by atoms with Crippen LogP contribution in [0.5, 0.6) is 17.4 Å². The summed E-state index contributed by atoms with van der Waals surface area (Å²) in [4.78, 5) is 25.1. The first kappa shape index (κ1) is 16.6. The molecule has 0 amide bonds. The van der Waals surface area contributed by atoms with E-state index in [2.05, 4.69) is 0 Å². The minimum absolute atomic E-state index is 0.0259. The molecule has 0 aliphatic carbocycles. The zero-order valence-electron chi connectivity index (χ0n) is 13.8. The van der Waals surface area contributed by atoms with Gasteiger partial charge in [0.1, 0.15) is 18.2 Å². The number of aromatic hydroxyl groups is 1. The minimum Gasteiger partial charge on any atom is -0.494 e. The quantitative estimate of drug-likeness (QED) is 0.855. The molecule has 1 aromatic heterocycles. The monoisotopic (exact) mass is 340 g/mol. The molecule has 0 radical (unpaired) electrons. The summed E-state index contributed by atoms with van der Waals surface area (Å²) in [6.45, 7) is 3.21. The summed E-state index contributed by atoms with van der Waals surface area (Å²) in [7, 11) is 0. The van der Waals surface area contributed by atoms with Gasteiger partial charge in [-0.2, -0.15) is 5.26 Å². The fraction of sp³-hybridized carbons (Fsp3) is 0.278. The molecule has 3 rings (SSSR count). The molecule has 0 fully saturated rings. The smallest absolute Gasteiger partial charge is 0.271 e. The van der Waals surface area contributed by atoms with Crippen molar-refractivity contribution < 1.29 is 19.4 Å². The fourth-order valence-corrected chi connectivity index (χ4v) is 2.85. The Morgan fingerprint density at radius 3 is 2.72 bits per heavy atom. The summed E-state index contributed by atoms with van der Waals surface area (Å²) in [6, 6.07) is 8.75. The zero-order chi connectivity index (χ0) is 18.1. The van der Waals surface area contributed by atoms with Crippen molar-refractivity contribution in [3.63, 3.8) is 0 Å². The van der Waals surface area contributed by atoms with Crippen molar-refractivity contribution in [1.29, 1.82) is 5.26 Å². The van der Waals surface area contributed by atoms with Crippen LogP contribution in [0.25, 0.3) is 0 Å². The van der Waals surface area contributed by atoms with E-state index >= 15 is 0 Å². The normalized spacial score (nSPS) is 15.5. The van der Waals surface area contributed by atoms with Gasteiger partial charge < -0.3 is 14.6 Å². The van der Waals surface area contributed by atoms with Crippen LogP contribution in [0.1, 0.15) is 28.4 Å². The third-order valence-electron chi connectivity index (χ3n) is 4.16. The first-order chi connectivity index (χ1) is 12.0. The number of aromatic nitrogens is 1. The molecule has 128 valence electrons. The van der Waals surface area contributed by atoms with Crippen LogP contribution in [0.4, 0.5) is 0 Å². The molecule has 25 heavy (non-hydrogen) atoms. The van der Waals surface area contributed by atoms with Crippen molar-refractivity contribution >= 4 is 5.78 Å². The Labute approximate surface area is 143 Å². The van der Waals surface area contributed by atoms with Crippen molar-refractivity contribution in [1.82, 2.24) is 4.57 Å². The number of benzene rings is 1. The highest BCUT2D eigenvalue weighted by Crippen LogP contribution is 2.33. The number of nitrogens with zero attached hydrogens (tertiary/aromatic N) is 2. The second-order valence-corrected chi connectivity index (χ2v) is 5.59. The van der Waals surface area contributed by atoms with E-state index in [1.54, 1.807) is 31.2 Å². The van der Waals surface area contributed by atoms with E-state index in [1.807, 2.05) is 6.07 Å². The number of ketones is 1. The first-order valence-corrected chi connectivity index (χ1v) is 7.78. The molecule has 7 nitrogen and oxygen atoms in total. The number of carbonyl (C=O) groups is 1. The second kappa shape index (κ2) is 6.32. The van der Waals surface area contributed by atoms with Gasteiger partial charge in [0.15, 0.2) is 17.6 Å². The van der Waals surface area contributed by atoms with E-state index in [0.717, 1.165) is 4.57 Å². The van der Waals surface area contributed by atoms with Crippen LogP contribution >= 0.6 is 0 Å². The molecule has 1 aliphatic heterocycles. The molecule has 1 atom stereocenters. The number of para-hydroxylation sites is 2. The van der Waals surface area contributed by atoms with Gasteiger partial charge in [0.25, 0.3) is 5.56 Å². The Kier molecular flexibility index (Phi) is 4.19. The minimum atomic E-state index is -0.978. The molecule has 2 aromatic rings. The van der Waals surface area contributed by atoms with Crippen molar-refractivity contribution in [2.75, 3.05) is 6.61 Å². The number of Topliss-reactive ketones (excluding diaryl/α,β-unsaturated/α-hetero) is 1. The van der Waals surface area contributed by atoms with Gasteiger partial charge >= 0.3 is 0 Å². The maximum atomic E-state index is 12.9. The van der Waals surface area contributed by atoms with Crippen LogP contribution in [-0.4, -0.2) is 28.2 Å². The topological polar surface area (TPSA) is 102 Å². The summed E-state index contributed by atoms with van der Waals surface area (Å²) >= 11 is 0. The molecule has 2 heterocycles. The van der Waals surface area contributed by atoms with Gasteiger partial charge in [0.2, 0.25) is 11.7 Å². The van der Waals surface area contributed by atoms with Crippen molar-refractivity contribution in [2.24, 2.45) is 0 Å². The van der Waals surface area contributed by atoms with Crippen molar-refractivity contribution in [3.05, 3.63) is 51.3 Å². The van der Waals surface area contributed by atoms with E-state index in [-0.39, 0.29) is 29.8 Å². The van der Waals surface area contributed by atoms with Gasteiger partial charge in [0, 0.05) is 6.54 Å². The number of nitriles is 1. The summed E-state index contributed by atoms with van der Waals surface area (Å²) < 4.78 is 12.2. The van der Waals surface area contributed by atoms with Crippen LogP contribution in [-0.2, 0) is 6.54 Å². The standard InChI is InChI=1S/C18H16N2O5/c1-3-20-17(22)11(8-19)10(2)15(18(20)23)16(21)14-9-24-12-6-4-5-7-13(12)25-14/h4-7,14,23H,3,9H2,1-2H3. The molecular weight excluding hydrogens is 324 g/mol. The van der Waals surface area contributed by atoms with Gasteiger partial charge in [-0.25, -0.2) is 0 Å². The molecule has 7 heteroatoms. The van der Waals surface area contributed by atoms with Crippen molar-refractivity contribution in [2.45, 2.75) is 26.5 Å². The van der Waals surface area contributed by atoms with Gasteiger partial charge in [-0.3, -0.25) is 14.2 Å². The van der Waals surface area contributed by atoms with Crippen LogP contribution in [0.3, 0.4) is 0 Å². The molecular formula is C18H16N2O5. The molecule has 0 bridgehead atoms. The number of rotatable bonds is 3. The summed E-state index contributed by atoms with van der Waals surface area (Å²) in [5, 5.41) is 19.6. The maximum Gasteiger partial charge on any atom is 0.271 e. The van der Waals surface area contributed by atoms with E-state index in [9.17, 15) is 20.0 Å². The molecule has 1 N–H and O–H groups in total. The van der Waals surface area contributed by atoms with Crippen LogP contribution in [0.2, 0.25) is 0 Å². The largest absolute Gasteiger partial charge is 0.494 e. The summed E-state index contributed by atoms with van der Waals surface area (Å²) in [5.41, 5.74) is -0.740. The molecule has 0 saturated heterocycles. The highest BCUT2D eigenvalue weighted by atomic mass is 16.6. The fourth-order valence-electron chi connectivity index (χ4n) is 2.85. The van der Waals surface area contributed by atoms with Gasteiger partial charge in [0.05, 0.1) is 5.56 Å². The maximum absolute atomic E-state index is 12.9. The van der Waals surface area contributed by atoms with Gasteiger partial charge in [-0.05, 0) is 31.5 Å². The molecule has 0 saturated carbocycles. The Hall–Kier alpha value is -3.27. The predicted molar refractivity (Wildman–Crippen MR) is 88.2 cm³/mol. The van der Waals surface area contributed by atoms with E-state index in [1.165, 1.54) is 6.92 Å². The summed E-state index contributed by atoms with van der Waals surface area (Å²) in [6.07, 6.45) is -0.978. The number of hydrogen-bond donors (Lipinski definition) is 1. The molecule has 0 spiro atoms. The van der Waals surface area contributed by atoms with Gasteiger partial charge in [-0.15, -0.1) is 0 Å². The SMILES string of the molecule is CCn1c(O)c(C(=O)C2COc3ccccc3O2)c(C)c(C#N)c1=O. The Morgan fingerprint density at radius 2 is 2.08 bits per heavy atom. The van der Waals surface area contributed by atoms with E-state index in [0.29, 0.717) is 11.5 Å². The Morgan fingerprint density at radius 1 is 1.40 bits per heavy atom. The number of carbonyl (C=O) groups excluding carboxylic acids is 1. The van der Waals surface area contributed by atoms with E-state index in [4.69, 9.17) is 9.47 Å². The lowest BCUT2D eigenvalue weighted by atomic mass is 9.98. The average molecular weight is 340 g/mol. The number of fused-ring (bicyclic) bond motifs is 1. The highest BCUT2D eigenvalue weighted by Gasteiger charge is 2.33. The highest BCUT2D eigenvalue weighted by molar-refractivity contribution is 6.03. The third kappa shape index (κ3) is 2.62. The number of hydrogen-bond acceptors (Lipinski definition) is 6. The van der Waals surface area contributed by atoms with Crippen LogP contribution in [0.15, 0.2) is 29.1 Å². The lowest BCUT2D eigenvalue weighted by Crippen LogP contribution is -2.38. The zero-order valence-corrected chi connectivity index (χ0v) is 13.8. The Bertz CT molecular complexity index is 955. The predicted octanol–water partition coefficient (Wildman–Crippen LogP) is 1.78. The average Bonchev–Trinajstić information content (AvgIpc) is 2.62. The number of ether oxygens (including phenoxy) is 2.